The van der Waals surface area contributed by atoms with Gasteiger partial charge in [0.2, 0.25) is 0 Å². The summed E-state index contributed by atoms with van der Waals surface area (Å²) >= 11 is 1.63. The molecule has 3 N–H and O–H groups in total. The predicted molar refractivity (Wildman–Crippen MR) is 141 cm³/mol. The van der Waals surface area contributed by atoms with Gasteiger partial charge >= 0.3 is 0 Å². The van der Waals surface area contributed by atoms with E-state index in [1.807, 2.05) is 52.2 Å². The second kappa shape index (κ2) is 18.2. The molecule has 178 valence electrons. The summed E-state index contributed by atoms with van der Waals surface area (Å²) in [6.07, 6.45) is 13.4. The third kappa shape index (κ3) is 11.2. The molecule has 8 heteroatoms. The Bertz CT molecular complexity index is 940. The minimum Gasteiger partial charge on any atom is -0.387 e. The van der Waals surface area contributed by atoms with Gasteiger partial charge in [0.1, 0.15) is 0 Å². The largest absolute Gasteiger partial charge is 0.387 e. The zero-order valence-electron chi connectivity index (χ0n) is 20.3. The van der Waals surface area contributed by atoms with Crippen molar-refractivity contribution in [2.24, 2.45) is 0 Å². The minimum atomic E-state index is -0.293. The van der Waals surface area contributed by atoms with E-state index >= 15 is 0 Å². The quantitative estimate of drug-likeness (QED) is 0.242. The van der Waals surface area contributed by atoms with Gasteiger partial charge in [-0.1, -0.05) is 43.9 Å². The molecule has 33 heavy (non-hydrogen) atoms. The summed E-state index contributed by atoms with van der Waals surface area (Å²) in [7, 11) is 1.88. The number of H-pyrrole nitrogens is 1. The summed E-state index contributed by atoms with van der Waals surface area (Å²) in [4.78, 5) is 17.8. The van der Waals surface area contributed by atoms with E-state index < -0.39 is 0 Å². The number of carbonyl (C=O) groups excluding carboxylic acids is 1. The molecule has 0 saturated carbocycles. The number of allylic oxidation sites excluding steroid dienone is 6. The van der Waals surface area contributed by atoms with Crippen molar-refractivity contribution in [3.8, 4) is 0 Å². The number of nitrogens with one attached hydrogen (secondary N) is 3. The summed E-state index contributed by atoms with van der Waals surface area (Å²) in [6, 6.07) is 1.93. The Kier molecular flexibility index (Phi) is 16.3. The lowest BCUT2D eigenvalue weighted by atomic mass is 10.1. The van der Waals surface area contributed by atoms with E-state index in [1.165, 1.54) is 0 Å². The molecule has 0 fully saturated rings. The van der Waals surface area contributed by atoms with Gasteiger partial charge in [0.25, 0.3) is 5.91 Å². The number of rotatable bonds is 9. The molecule has 0 aliphatic carbocycles. The Balaban J connectivity index is 0.00000154. The van der Waals surface area contributed by atoms with Crippen molar-refractivity contribution in [3.05, 3.63) is 91.2 Å². The van der Waals surface area contributed by atoms with Gasteiger partial charge in [0.05, 0.1) is 11.4 Å². The van der Waals surface area contributed by atoms with E-state index in [0.29, 0.717) is 11.4 Å². The molecule has 2 aromatic rings. The van der Waals surface area contributed by atoms with Crippen LogP contribution in [-0.2, 0) is 0 Å². The number of hydrogen-bond acceptors (Lipinski definition) is 6. The van der Waals surface area contributed by atoms with Crippen LogP contribution in [0.1, 0.15) is 43.4 Å². The standard InChI is InChI=1S/C19H24N6OS.2C3H6/c1-5-7-14(12-27-17-11-21-10-9-16(17)20-4)15(8-6-2)22-19(26)18-13(3)23-25-24-18;2*1-3-2/h5,7-11H,1,6,12H2,2-4H3,(H,20,21)(H,22,26)(H,23,24,25);2*3H,1H2,2H3/b14-7-,15-8+;;. The van der Waals surface area contributed by atoms with Crippen molar-refractivity contribution in [2.45, 2.75) is 39.0 Å². The van der Waals surface area contributed by atoms with Crippen LogP contribution in [0, 0.1) is 6.92 Å². The maximum absolute atomic E-state index is 12.5. The van der Waals surface area contributed by atoms with Crippen molar-refractivity contribution in [3.63, 3.8) is 0 Å². The van der Waals surface area contributed by atoms with Crippen LogP contribution in [0.25, 0.3) is 0 Å². The average Bonchev–Trinajstić information content (AvgIpc) is 3.23. The molecular weight excluding hydrogens is 432 g/mol. The number of thioether (sulfide) groups is 1. The average molecular weight is 469 g/mol. The van der Waals surface area contributed by atoms with Crippen LogP contribution in [0.3, 0.4) is 0 Å². The molecule has 0 aliphatic heterocycles. The Labute approximate surface area is 202 Å². The zero-order chi connectivity index (χ0) is 25.1. The van der Waals surface area contributed by atoms with Crippen molar-refractivity contribution >= 4 is 23.4 Å². The monoisotopic (exact) mass is 468 g/mol. The predicted octanol–water partition coefficient (Wildman–Crippen LogP) is 5.86. The fourth-order valence-electron chi connectivity index (χ4n) is 2.36. The normalized spacial score (nSPS) is 10.6. The van der Waals surface area contributed by atoms with Crippen LogP contribution in [0.5, 0.6) is 0 Å². The number of aryl methyl sites for hydroxylation is 1. The third-order valence-electron chi connectivity index (χ3n) is 3.70. The molecule has 2 heterocycles. The van der Waals surface area contributed by atoms with Gasteiger partial charge in [-0.2, -0.15) is 15.4 Å². The molecule has 1 amide bonds. The van der Waals surface area contributed by atoms with Crippen LogP contribution >= 0.6 is 11.8 Å². The van der Waals surface area contributed by atoms with E-state index in [-0.39, 0.29) is 11.6 Å². The van der Waals surface area contributed by atoms with Crippen LogP contribution in [-0.4, -0.2) is 39.1 Å². The Morgan fingerprint density at radius 2 is 1.88 bits per heavy atom. The molecule has 2 aromatic heterocycles. The molecule has 0 unspecified atom stereocenters. The molecule has 2 rings (SSSR count). The smallest absolute Gasteiger partial charge is 0.278 e. The summed E-state index contributed by atoms with van der Waals surface area (Å²) < 4.78 is 0. The van der Waals surface area contributed by atoms with Crippen molar-refractivity contribution in [1.82, 2.24) is 25.7 Å². The van der Waals surface area contributed by atoms with Crippen LogP contribution in [0.2, 0.25) is 0 Å². The number of pyridine rings is 1. The van der Waals surface area contributed by atoms with Gasteiger partial charge in [0.15, 0.2) is 5.69 Å². The molecule has 0 radical (unpaired) electrons. The summed E-state index contributed by atoms with van der Waals surface area (Å²) in [5.41, 5.74) is 3.55. The van der Waals surface area contributed by atoms with Crippen molar-refractivity contribution in [2.75, 3.05) is 18.1 Å². The SMILES string of the molecule is C=C/C=C(CSc1cnccc1NC)\C(=C/CC)NC(=O)c1n[nH]nc1C.C=CC.C=CC. The first kappa shape index (κ1) is 29.6. The van der Waals surface area contributed by atoms with E-state index in [0.717, 1.165) is 28.3 Å². The highest BCUT2D eigenvalue weighted by atomic mass is 32.2. The molecule has 0 aliphatic rings. The van der Waals surface area contributed by atoms with Gasteiger partial charge in [-0.15, -0.1) is 24.9 Å². The number of amides is 1. The summed E-state index contributed by atoms with van der Waals surface area (Å²) in [5.74, 6) is 0.356. The number of carbonyl (C=O) groups is 1. The van der Waals surface area contributed by atoms with E-state index in [9.17, 15) is 4.79 Å². The number of nitrogens with zero attached hydrogens (tertiary/aromatic N) is 3. The van der Waals surface area contributed by atoms with E-state index in [4.69, 9.17) is 0 Å². The summed E-state index contributed by atoms with van der Waals surface area (Å²) in [5, 5.41) is 16.4. The maximum atomic E-state index is 12.5. The zero-order valence-corrected chi connectivity index (χ0v) is 21.1. The first-order valence-electron chi connectivity index (χ1n) is 10.5. The molecule has 0 aromatic carbocycles. The molecule has 0 bridgehead atoms. The lowest BCUT2D eigenvalue weighted by Gasteiger charge is -2.14. The molecule has 0 saturated heterocycles. The molecule has 7 nitrogen and oxygen atoms in total. The van der Waals surface area contributed by atoms with Crippen molar-refractivity contribution < 1.29 is 4.79 Å². The highest BCUT2D eigenvalue weighted by Gasteiger charge is 2.16. The number of aromatic nitrogens is 4. The second-order valence-corrected chi connectivity index (χ2v) is 7.41. The van der Waals surface area contributed by atoms with Gasteiger partial charge in [-0.25, -0.2) is 0 Å². The Hall–Kier alpha value is -3.39. The molecule has 0 atom stereocenters. The first-order valence-corrected chi connectivity index (χ1v) is 11.5. The number of hydrogen-bond donors (Lipinski definition) is 3. The fourth-order valence-corrected chi connectivity index (χ4v) is 3.39. The van der Waals surface area contributed by atoms with Crippen LogP contribution in [0.15, 0.2) is 84.7 Å². The molecular formula is C25H36N6OS. The fraction of sp³-hybridized carbons (Fsp3) is 0.280. The lowest BCUT2D eigenvalue weighted by molar-refractivity contribution is 0.0961. The number of aromatic amines is 1. The Morgan fingerprint density at radius 1 is 1.21 bits per heavy atom. The maximum Gasteiger partial charge on any atom is 0.278 e. The third-order valence-corrected chi connectivity index (χ3v) is 4.79. The topological polar surface area (TPSA) is 95.6 Å². The van der Waals surface area contributed by atoms with E-state index in [1.54, 1.807) is 43.1 Å². The van der Waals surface area contributed by atoms with Gasteiger partial charge in [0, 0.05) is 35.8 Å². The highest BCUT2D eigenvalue weighted by molar-refractivity contribution is 7.99. The lowest BCUT2D eigenvalue weighted by Crippen LogP contribution is -2.25. The van der Waals surface area contributed by atoms with Gasteiger partial charge in [-0.3, -0.25) is 9.78 Å². The second-order valence-electron chi connectivity index (χ2n) is 6.39. The van der Waals surface area contributed by atoms with E-state index in [2.05, 4.69) is 50.8 Å². The van der Waals surface area contributed by atoms with Crippen molar-refractivity contribution in [1.29, 1.82) is 0 Å². The van der Waals surface area contributed by atoms with Gasteiger partial charge in [-0.05, 0) is 38.8 Å². The van der Waals surface area contributed by atoms with Gasteiger partial charge < -0.3 is 10.6 Å². The summed E-state index contributed by atoms with van der Waals surface area (Å²) in [6.45, 7) is 18.1. The highest BCUT2D eigenvalue weighted by Crippen LogP contribution is 2.29. The molecule has 0 spiro atoms. The first-order chi connectivity index (χ1) is 15.9. The Morgan fingerprint density at radius 3 is 2.39 bits per heavy atom. The van der Waals surface area contributed by atoms with Crippen LogP contribution in [0.4, 0.5) is 5.69 Å². The number of anilines is 1. The minimum absolute atomic E-state index is 0.285. The van der Waals surface area contributed by atoms with Crippen LogP contribution < -0.4 is 10.6 Å².